The lowest BCUT2D eigenvalue weighted by Gasteiger charge is -2.21. The fourth-order valence-electron chi connectivity index (χ4n) is 5.64. The van der Waals surface area contributed by atoms with E-state index in [-0.39, 0.29) is 18.9 Å². The number of amides is 1. The molecule has 0 radical (unpaired) electrons. The molecule has 0 spiro atoms. The molecule has 10 nitrogen and oxygen atoms in total. The maximum absolute atomic E-state index is 13.4. The molecule has 4 rings (SSSR count). The van der Waals surface area contributed by atoms with Crippen molar-refractivity contribution >= 4 is 35.0 Å². The van der Waals surface area contributed by atoms with Crippen molar-refractivity contribution in [3.05, 3.63) is 119 Å². The highest BCUT2D eigenvalue weighted by Gasteiger charge is 2.20. The van der Waals surface area contributed by atoms with E-state index in [1.165, 1.54) is 24.2 Å². The van der Waals surface area contributed by atoms with Gasteiger partial charge in [0.1, 0.15) is 18.0 Å². The number of aliphatic carboxylic acids is 1. The van der Waals surface area contributed by atoms with Crippen LogP contribution in [0.4, 0.5) is 11.4 Å². The van der Waals surface area contributed by atoms with Gasteiger partial charge in [-0.1, -0.05) is 44.7 Å². The highest BCUT2D eigenvalue weighted by Crippen LogP contribution is 2.20. The largest absolute Gasteiger partial charge is 0.494 e. The first-order valence-electron chi connectivity index (χ1n) is 18.0. The molecule has 0 aliphatic rings. The SMILES string of the molecule is CCCCCCCOc1ccc(C(=O)Oc2ccc(CN(CC(=O)O)C(=O)c3ccc(NCC(=O)c4ccc(N(CC)CC)cc4)cc3)cc2)cc1. The molecule has 1 amide bonds. The maximum atomic E-state index is 13.4. The number of hydrogen-bond acceptors (Lipinski definition) is 8. The van der Waals surface area contributed by atoms with Crippen LogP contribution in [0, 0.1) is 0 Å². The van der Waals surface area contributed by atoms with E-state index in [1.807, 2.05) is 24.3 Å². The van der Waals surface area contributed by atoms with E-state index in [9.17, 15) is 24.3 Å². The first-order chi connectivity index (χ1) is 25.2. The molecule has 0 aromatic heterocycles. The van der Waals surface area contributed by atoms with E-state index >= 15 is 0 Å². The van der Waals surface area contributed by atoms with Crippen LogP contribution in [0.1, 0.15) is 89.5 Å². The molecule has 0 bridgehead atoms. The summed E-state index contributed by atoms with van der Waals surface area (Å²) in [6.07, 6.45) is 5.77. The number of esters is 1. The second-order valence-electron chi connectivity index (χ2n) is 12.4. The predicted molar refractivity (Wildman–Crippen MR) is 204 cm³/mol. The van der Waals surface area contributed by atoms with Crippen LogP contribution in [-0.4, -0.2) is 66.4 Å². The van der Waals surface area contributed by atoms with E-state index in [4.69, 9.17) is 9.47 Å². The van der Waals surface area contributed by atoms with Crippen molar-refractivity contribution in [2.45, 2.75) is 59.4 Å². The van der Waals surface area contributed by atoms with Crippen molar-refractivity contribution in [1.82, 2.24) is 4.90 Å². The molecule has 0 unspecified atom stereocenters. The molecule has 52 heavy (non-hydrogen) atoms. The van der Waals surface area contributed by atoms with Gasteiger partial charge in [-0.3, -0.25) is 14.4 Å². The molecule has 0 heterocycles. The Labute approximate surface area is 306 Å². The summed E-state index contributed by atoms with van der Waals surface area (Å²) < 4.78 is 11.3. The van der Waals surface area contributed by atoms with Crippen LogP contribution in [0.2, 0.25) is 0 Å². The van der Waals surface area contributed by atoms with Crippen molar-refractivity contribution in [3.63, 3.8) is 0 Å². The number of hydrogen-bond donors (Lipinski definition) is 2. The smallest absolute Gasteiger partial charge is 0.343 e. The summed E-state index contributed by atoms with van der Waals surface area (Å²) in [6, 6.07) is 27.5. The zero-order valence-corrected chi connectivity index (χ0v) is 30.3. The number of anilines is 2. The van der Waals surface area contributed by atoms with E-state index in [0.29, 0.717) is 46.0 Å². The number of carbonyl (C=O) groups is 4. The van der Waals surface area contributed by atoms with Gasteiger partial charge in [0, 0.05) is 42.1 Å². The Hall–Kier alpha value is -5.64. The monoisotopic (exact) mass is 707 g/mol. The minimum absolute atomic E-state index is 0.0288. The molecule has 0 saturated carbocycles. The molecule has 0 aliphatic heterocycles. The molecule has 2 N–H and O–H groups in total. The minimum atomic E-state index is -1.15. The Bertz CT molecular complexity index is 1730. The van der Waals surface area contributed by atoms with E-state index in [1.54, 1.807) is 72.8 Å². The second kappa shape index (κ2) is 20.3. The summed E-state index contributed by atoms with van der Waals surface area (Å²) in [5.41, 5.74) is 3.66. The molecule has 0 saturated heterocycles. The minimum Gasteiger partial charge on any atom is -0.494 e. The Morgan fingerprint density at radius 2 is 1.27 bits per heavy atom. The molecule has 0 aliphatic carbocycles. The molecular formula is C42H49N3O7. The van der Waals surface area contributed by atoms with Gasteiger partial charge in [-0.05, 0) is 111 Å². The quantitative estimate of drug-likeness (QED) is 0.0382. The summed E-state index contributed by atoms with van der Waals surface area (Å²) in [5, 5.41) is 12.6. The molecule has 4 aromatic carbocycles. The third-order valence-electron chi connectivity index (χ3n) is 8.63. The first-order valence-corrected chi connectivity index (χ1v) is 18.0. The van der Waals surface area contributed by atoms with Crippen LogP contribution in [0.25, 0.3) is 0 Å². The van der Waals surface area contributed by atoms with Crippen LogP contribution in [0.5, 0.6) is 11.5 Å². The van der Waals surface area contributed by atoms with E-state index in [0.717, 1.165) is 31.6 Å². The Morgan fingerprint density at radius 1 is 0.673 bits per heavy atom. The third kappa shape index (κ3) is 12.0. The van der Waals surface area contributed by atoms with Gasteiger partial charge >= 0.3 is 11.9 Å². The van der Waals surface area contributed by atoms with Crippen molar-refractivity contribution < 1.29 is 33.8 Å². The standard InChI is InChI=1S/C42H49N3O7/c1-4-7-8-9-10-27-51-37-25-17-34(18-26-37)42(50)52-38-23-11-31(12-24-38)29-45(30-40(47)48)41(49)33-13-19-35(20-14-33)43-28-39(46)32-15-21-36(22-16-32)44(5-2)6-3/h11-26,43H,4-10,27-30H2,1-3H3,(H,47,48). The number of carboxylic acids is 1. The number of carboxylic acid groups (broad SMARTS) is 1. The van der Waals surface area contributed by atoms with Gasteiger partial charge in [0.2, 0.25) is 0 Å². The summed E-state index contributed by atoms with van der Waals surface area (Å²) in [4.78, 5) is 54.0. The third-order valence-corrected chi connectivity index (χ3v) is 8.63. The number of benzene rings is 4. The van der Waals surface area contributed by atoms with Gasteiger partial charge in [-0.25, -0.2) is 4.79 Å². The molecule has 0 atom stereocenters. The zero-order chi connectivity index (χ0) is 37.3. The number of Topliss-reactive ketones (excluding diaryl/α,β-unsaturated/α-hetero) is 1. The van der Waals surface area contributed by atoms with Gasteiger partial charge in [0.15, 0.2) is 5.78 Å². The summed E-state index contributed by atoms with van der Waals surface area (Å²) in [5.74, 6) is -1.18. The lowest BCUT2D eigenvalue weighted by molar-refractivity contribution is -0.137. The van der Waals surface area contributed by atoms with Crippen LogP contribution >= 0.6 is 0 Å². The Morgan fingerprint density at radius 3 is 1.88 bits per heavy atom. The van der Waals surface area contributed by atoms with Crippen molar-refractivity contribution in [2.24, 2.45) is 0 Å². The number of rotatable bonds is 21. The van der Waals surface area contributed by atoms with E-state index < -0.39 is 24.4 Å². The number of ether oxygens (including phenoxy) is 2. The molecule has 274 valence electrons. The van der Waals surface area contributed by atoms with Gasteiger partial charge in [-0.2, -0.15) is 0 Å². The number of unbranched alkanes of at least 4 members (excludes halogenated alkanes) is 4. The Balaban J connectivity index is 1.28. The van der Waals surface area contributed by atoms with Crippen LogP contribution in [-0.2, 0) is 11.3 Å². The number of nitrogens with zero attached hydrogens (tertiary/aromatic N) is 2. The van der Waals surface area contributed by atoms with Crippen LogP contribution < -0.4 is 19.7 Å². The number of carbonyl (C=O) groups excluding carboxylic acids is 3. The fourth-order valence-corrected chi connectivity index (χ4v) is 5.64. The summed E-state index contributed by atoms with van der Waals surface area (Å²) >= 11 is 0. The lowest BCUT2D eigenvalue weighted by atomic mass is 10.1. The second-order valence-corrected chi connectivity index (χ2v) is 12.4. The normalized spacial score (nSPS) is 10.7. The Kier molecular flexibility index (Phi) is 15.3. The van der Waals surface area contributed by atoms with Crippen molar-refractivity contribution in [1.29, 1.82) is 0 Å². The van der Waals surface area contributed by atoms with E-state index in [2.05, 4.69) is 31.0 Å². The highest BCUT2D eigenvalue weighted by molar-refractivity contribution is 5.99. The average Bonchev–Trinajstić information content (AvgIpc) is 3.16. The zero-order valence-electron chi connectivity index (χ0n) is 30.3. The molecular weight excluding hydrogens is 658 g/mol. The molecule has 4 aromatic rings. The lowest BCUT2D eigenvalue weighted by Crippen LogP contribution is -2.35. The topological polar surface area (TPSA) is 125 Å². The summed E-state index contributed by atoms with van der Waals surface area (Å²) in [7, 11) is 0. The summed E-state index contributed by atoms with van der Waals surface area (Å²) in [6.45, 7) is 8.37. The molecule has 10 heteroatoms. The maximum Gasteiger partial charge on any atom is 0.343 e. The predicted octanol–water partition coefficient (Wildman–Crippen LogP) is 8.12. The average molecular weight is 708 g/mol. The van der Waals surface area contributed by atoms with Gasteiger partial charge in [-0.15, -0.1) is 0 Å². The fraction of sp³-hybridized carbons (Fsp3) is 0.333. The highest BCUT2D eigenvalue weighted by atomic mass is 16.5. The van der Waals surface area contributed by atoms with Gasteiger partial charge < -0.3 is 29.7 Å². The van der Waals surface area contributed by atoms with Gasteiger partial charge in [0.05, 0.1) is 18.7 Å². The van der Waals surface area contributed by atoms with Crippen molar-refractivity contribution in [3.8, 4) is 11.5 Å². The van der Waals surface area contributed by atoms with Crippen molar-refractivity contribution in [2.75, 3.05) is 43.0 Å². The van der Waals surface area contributed by atoms with Gasteiger partial charge in [0.25, 0.3) is 5.91 Å². The number of nitrogens with one attached hydrogen (secondary N) is 1. The number of ketones is 1. The van der Waals surface area contributed by atoms with Crippen LogP contribution in [0.15, 0.2) is 97.1 Å². The molecule has 0 fully saturated rings. The van der Waals surface area contributed by atoms with Crippen LogP contribution in [0.3, 0.4) is 0 Å². The first kappa shape index (κ1) is 39.2.